The van der Waals surface area contributed by atoms with Gasteiger partial charge in [0, 0.05) is 0 Å². The van der Waals surface area contributed by atoms with Crippen LogP contribution in [0.15, 0.2) is 54.4 Å². The van der Waals surface area contributed by atoms with Crippen molar-refractivity contribution in [1.29, 1.82) is 0 Å². The molecule has 0 saturated heterocycles. The van der Waals surface area contributed by atoms with E-state index in [1.54, 1.807) is 19.1 Å². The van der Waals surface area contributed by atoms with Gasteiger partial charge >= 0.3 is 6.16 Å². The number of rotatable bonds is 4. The fraction of sp³-hybridized carbons (Fsp3) is 0.167. The Hall–Kier alpha value is -2.86. The second-order valence-electron chi connectivity index (χ2n) is 5.07. The molecule has 1 N–H and O–H groups in total. The number of carbonyl (C=O) groups excluding carboxylic acids is 1. The maximum atomic E-state index is 13.1. The fourth-order valence-corrected chi connectivity index (χ4v) is 2.36. The van der Waals surface area contributed by atoms with E-state index in [-0.39, 0.29) is 24.9 Å². The molecule has 0 saturated carbocycles. The number of nitrogens with one attached hydrogen (secondary N) is 1. The van der Waals surface area contributed by atoms with Crippen LogP contribution in [0.4, 0.5) is 9.18 Å². The molecular weight excluding hydrogens is 313 g/mol. The van der Waals surface area contributed by atoms with E-state index in [9.17, 15) is 9.18 Å². The van der Waals surface area contributed by atoms with Crippen molar-refractivity contribution in [3.05, 3.63) is 65.8 Å². The molecule has 5 nitrogen and oxygen atoms in total. The zero-order valence-electron chi connectivity index (χ0n) is 13.0. The average Bonchev–Trinajstić information content (AvgIpc) is 3.04. The third kappa shape index (κ3) is 3.55. The van der Waals surface area contributed by atoms with Crippen molar-refractivity contribution in [3.8, 4) is 11.1 Å². The van der Waals surface area contributed by atoms with Crippen LogP contribution < -0.4 is 5.48 Å². The zero-order chi connectivity index (χ0) is 16.9. The van der Waals surface area contributed by atoms with Gasteiger partial charge in [-0.1, -0.05) is 30.3 Å². The van der Waals surface area contributed by atoms with Crippen LogP contribution in [0.5, 0.6) is 0 Å². The van der Waals surface area contributed by atoms with Crippen LogP contribution in [0.3, 0.4) is 0 Å². The van der Waals surface area contributed by atoms with Gasteiger partial charge in [-0.05, 0) is 41.8 Å². The lowest BCUT2D eigenvalue weighted by Gasteiger charge is -2.08. The lowest BCUT2D eigenvalue weighted by Crippen LogP contribution is -2.15. The van der Waals surface area contributed by atoms with E-state index in [2.05, 4.69) is 5.48 Å². The number of carbonyl (C=O) groups is 1. The molecule has 1 heterocycles. The topological polar surface area (TPSA) is 56.8 Å². The fourth-order valence-electron chi connectivity index (χ4n) is 2.36. The maximum absolute atomic E-state index is 13.1. The van der Waals surface area contributed by atoms with Crippen LogP contribution in [0, 0.1) is 5.82 Å². The van der Waals surface area contributed by atoms with E-state index in [4.69, 9.17) is 14.3 Å². The second kappa shape index (κ2) is 7.14. The lowest BCUT2D eigenvalue weighted by atomic mass is 9.99. The Labute approximate surface area is 138 Å². The molecule has 0 unspecified atom stereocenters. The van der Waals surface area contributed by atoms with Crippen molar-refractivity contribution in [2.75, 3.05) is 13.2 Å². The normalized spacial score (nSPS) is 13.6. The van der Waals surface area contributed by atoms with E-state index < -0.39 is 6.16 Å². The Morgan fingerprint density at radius 1 is 1.17 bits per heavy atom. The Kier molecular flexibility index (Phi) is 4.77. The highest BCUT2D eigenvalue weighted by Crippen LogP contribution is 2.28. The first-order valence-corrected chi connectivity index (χ1v) is 7.49. The molecule has 0 radical (unpaired) electrons. The van der Waals surface area contributed by atoms with Crippen molar-refractivity contribution in [2.24, 2.45) is 0 Å². The molecular formula is C18H16FNO4. The molecule has 0 atom stereocenters. The van der Waals surface area contributed by atoms with Crippen LogP contribution >= 0.6 is 0 Å². The molecule has 0 amide bonds. The SMILES string of the molecule is CCOC(=O)OC1=C(c2cccc(-c3ccc(F)cc3)c2)CON1. The Bertz CT molecular complexity index is 771. The van der Waals surface area contributed by atoms with Gasteiger partial charge in [0.1, 0.15) is 12.4 Å². The van der Waals surface area contributed by atoms with E-state index in [1.165, 1.54) is 12.1 Å². The largest absolute Gasteiger partial charge is 0.515 e. The Balaban J connectivity index is 1.89. The summed E-state index contributed by atoms with van der Waals surface area (Å²) in [4.78, 5) is 16.6. The summed E-state index contributed by atoms with van der Waals surface area (Å²) in [5, 5.41) is 0. The second-order valence-corrected chi connectivity index (χ2v) is 5.07. The standard InChI is InChI=1S/C18H16FNO4/c1-2-22-18(21)24-17-16(11-23-20-17)14-5-3-4-13(10-14)12-6-8-15(19)9-7-12/h3-10,20H,2,11H2,1H3. The summed E-state index contributed by atoms with van der Waals surface area (Å²) < 4.78 is 22.9. The molecule has 3 rings (SSSR count). The Morgan fingerprint density at radius 3 is 2.67 bits per heavy atom. The van der Waals surface area contributed by atoms with E-state index >= 15 is 0 Å². The molecule has 2 aromatic carbocycles. The van der Waals surface area contributed by atoms with Crippen LogP contribution in [0.1, 0.15) is 12.5 Å². The average molecular weight is 329 g/mol. The predicted molar refractivity (Wildman–Crippen MR) is 86.0 cm³/mol. The van der Waals surface area contributed by atoms with E-state index in [0.717, 1.165) is 16.7 Å². The number of hydroxylamine groups is 1. The van der Waals surface area contributed by atoms with Crippen molar-refractivity contribution >= 4 is 11.7 Å². The van der Waals surface area contributed by atoms with Crippen LogP contribution in [-0.2, 0) is 14.3 Å². The molecule has 0 spiro atoms. The maximum Gasteiger partial charge on any atom is 0.515 e. The van der Waals surface area contributed by atoms with Crippen LogP contribution in [-0.4, -0.2) is 19.4 Å². The summed E-state index contributed by atoms with van der Waals surface area (Å²) in [5.74, 6) is -0.0687. The first-order valence-electron chi connectivity index (χ1n) is 7.49. The minimum absolute atomic E-state index is 0.213. The molecule has 6 heteroatoms. The van der Waals surface area contributed by atoms with Gasteiger partial charge in [0.15, 0.2) is 0 Å². The summed E-state index contributed by atoms with van der Waals surface area (Å²) in [5.41, 5.74) is 5.91. The highest BCUT2D eigenvalue weighted by atomic mass is 19.1. The van der Waals surface area contributed by atoms with E-state index in [0.29, 0.717) is 5.57 Å². The van der Waals surface area contributed by atoms with Gasteiger partial charge < -0.3 is 9.47 Å². The minimum atomic E-state index is -0.794. The number of hydrogen-bond acceptors (Lipinski definition) is 5. The molecule has 24 heavy (non-hydrogen) atoms. The number of ether oxygens (including phenoxy) is 2. The van der Waals surface area contributed by atoms with Gasteiger partial charge in [-0.3, -0.25) is 4.84 Å². The van der Waals surface area contributed by atoms with Gasteiger partial charge in [-0.2, -0.15) is 0 Å². The first kappa shape index (κ1) is 16.0. The molecule has 0 aliphatic carbocycles. The highest BCUT2D eigenvalue weighted by molar-refractivity contribution is 5.76. The van der Waals surface area contributed by atoms with Gasteiger partial charge in [0.2, 0.25) is 5.88 Å². The van der Waals surface area contributed by atoms with Gasteiger partial charge in [-0.25, -0.2) is 14.7 Å². The number of benzene rings is 2. The van der Waals surface area contributed by atoms with Crippen molar-refractivity contribution in [1.82, 2.24) is 5.48 Å². The van der Waals surface area contributed by atoms with Crippen LogP contribution in [0.2, 0.25) is 0 Å². The molecule has 1 aliphatic heterocycles. The van der Waals surface area contributed by atoms with Gasteiger partial charge in [0.05, 0.1) is 12.2 Å². The smallest absolute Gasteiger partial charge is 0.434 e. The molecule has 124 valence electrons. The molecule has 0 aromatic heterocycles. The predicted octanol–water partition coefficient (Wildman–Crippen LogP) is 3.87. The number of hydrogen-bond donors (Lipinski definition) is 1. The highest BCUT2D eigenvalue weighted by Gasteiger charge is 2.21. The van der Waals surface area contributed by atoms with Crippen LogP contribution in [0.25, 0.3) is 16.7 Å². The summed E-state index contributed by atoms with van der Waals surface area (Å²) in [7, 11) is 0. The third-order valence-electron chi connectivity index (χ3n) is 3.49. The lowest BCUT2D eigenvalue weighted by molar-refractivity contribution is 0.0415. The van der Waals surface area contributed by atoms with Gasteiger partial charge in [-0.15, -0.1) is 0 Å². The Morgan fingerprint density at radius 2 is 1.92 bits per heavy atom. The van der Waals surface area contributed by atoms with Crippen molar-refractivity contribution in [3.63, 3.8) is 0 Å². The number of halogens is 1. The summed E-state index contributed by atoms with van der Waals surface area (Å²) >= 11 is 0. The van der Waals surface area contributed by atoms with Gasteiger partial charge in [0.25, 0.3) is 0 Å². The summed E-state index contributed by atoms with van der Waals surface area (Å²) in [6.45, 7) is 2.17. The quantitative estimate of drug-likeness (QED) is 0.863. The third-order valence-corrected chi connectivity index (χ3v) is 3.49. The summed E-state index contributed by atoms with van der Waals surface area (Å²) in [6, 6.07) is 13.9. The monoisotopic (exact) mass is 329 g/mol. The first-order chi connectivity index (χ1) is 11.7. The molecule has 0 fully saturated rings. The minimum Gasteiger partial charge on any atom is -0.434 e. The zero-order valence-corrected chi connectivity index (χ0v) is 13.0. The summed E-state index contributed by atoms with van der Waals surface area (Å²) in [6.07, 6.45) is -0.794. The van der Waals surface area contributed by atoms with E-state index in [1.807, 2.05) is 24.3 Å². The molecule has 1 aliphatic rings. The molecule has 2 aromatic rings. The molecule has 0 bridgehead atoms. The van der Waals surface area contributed by atoms with Crippen molar-refractivity contribution < 1.29 is 23.5 Å². The van der Waals surface area contributed by atoms with Crippen molar-refractivity contribution in [2.45, 2.75) is 6.92 Å².